The molecule has 4 heteroatoms. The number of aryl methyl sites for hydroxylation is 2. The van der Waals surface area contributed by atoms with Crippen molar-refractivity contribution >= 4 is 5.91 Å². The van der Waals surface area contributed by atoms with Crippen molar-refractivity contribution in [1.82, 2.24) is 10.2 Å². The van der Waals surface area contributed by atoms with Crippen molar-refractivity contribution in [1.29, 1.82) is 0 Å². The van der Waals surface area contributed by atoms with Gasteiger partial charge in [-0.25, -0.2) is 0 Å². The smallest absolute Gasteiger partial charge is 0.220 e. The molecule has 1 aliphatic heterocycles. The lowest BCUT2D eigenvalue weighted by Gasteiger charge is -2.26. The minimum Gasteiger partial charge on any atom is -0.468 e. The van der Waals surface area contributed by atoms with E-state index in [4.69, 9.17) is 4.42 Å². The van der Waals surface area contributed by atoms with E-state index < -0.39 is 0 Å². The van der Waals surface area contributed by atoms with Crippen molar-refractivity contribution in [2.24, 2.45) is 0 Å². The van der Waals surface area contributed by atoms with Crippen LogP contribution in [0.1, 0.15) is 42.2 Å². The molecular weight excluding hydrogens is 300 g/mol. The second kappa shape index (κ2) is 8.15. The van der Waals surface area contributed by atoms with Gasteiger partial charge in [0.1, 0.15) is 5.76 Å². The van der Waals surface area contributed by atoms with Crippen LogP contribution in [-0.2, 0) is 11.2 Å². The molecular formula is C20H26N2O2. The highest BCUT2D eigenvalue weighted by molar-refractivity contribution is 5.76. The van der Waals surface area contributed by atoms with E-state index in [1.54, 1.807) is 6.26 Å². The fourth-order valence-electron chi connectivity index (χ4n) is 3.26. The quantitative estimate of drug-likeness (QED) is 0.847. The van der Waals surface area contributed by atoms with Crippen LogP contribution in [0.25, 0.3) is 0 Å². The highest BCUT2D eigenvalue weighted by Gasteiger charge is 2.25. The lowest BCUT2D eigenvalue weighted by molar-refractivity contribution is -0.121. The molecule has 128 valence electrons. The summed E-state index contributed by atoms with van der Waals surface area (Å²) >= 11 is 0. The molecule has 0 saturated carbocycles. The van der Waals surface area contributed by atoms with E-state index in [-0.39, 0.29) is 11.9 Å². The van der Waals surface area contributed by atoms with Crippen LogP contribution in [0.5, 0.6) is 0 Å². The van der Waals surface area contributed by atoms with Gasteiger partial charge in [-0.05, 0) is 57.0 Å². The zero-order valence-electron chi connectivity index (χ0n) is 14.3. The summed E-state index contributed by atoms with van der Waals surface area (Å²) in [5.74, 6) is 1.04. The number of carbonyl (C=O) groups is 1. The molecule has 1 amide bonds. The second-order valence-corrected chi connectivity index (χ2v) is 6.56. The van der Waals surface area contributed by atoms with E-state index in [1.165, 1.54) is 24.0 Å². The number of amides is 1. The second-order valence-electron chi connectivity index (χ2n) is 6.56. The monoisotopic (exact) mass is 326 g/mol. The third kappa shape index (κ3) is 4.48. The number of nitrogens with one attached hydrogen (secondary N) is 1. The van der Waals surface area contributed by atoms with Gasteiger partial charge in [-0.15, -0.1) is 0 Å². The van der Waals surface area contributed by atoms with Crippen molar-refractivity contribution < 1.29 is 9.21 Å². The van der Waals surface area contributed by atoms with Crippen LogP contribution >= 0.6 is 0 Å². The number of nitrogens with zero attached hydrogens (tertiary/aromatic N) is 1. The summed E-state index contributed by atoms with van der Waals surface area (Å²) in [6.45, 7) is 4.83. The Morgan fingerprint density at radius 3 is 2.62 bits per heavy atom. The highest BCUT2D eigenvalue weighted by atomic mass is 16.3. The largest absolute Gasteiger partial charge is 0.468 e. The van der Waals surface area contributed by atoms with Gasteiger partial charge in [-0.2, -0.15) is 0 Å². The zero-order chi connectivity index (χ0) is 16.8. The zero-order valence-corrected chi connectivity index (χ0v) is 14.3. The van der Waals surface area contributed by atoms with Gasteiger partial charge in [0.25, 0.3) is 0 Å². The van der Waals surface area contributed by atoms with Crippen LogP contribution in [0, 0.1) is 6.92 Å². The number of hydrogen-bond acceptors (Lipinski definition) is 3. The van der Waals surface area contributed by atoms with E-state index >= 15 is 0 Å². The van der Waals surface area contributed by atoms with Gasteiger partial charge in [-0.1, -0.05) is 29.8 Å². The standard InChI is InChI=1S/C20H26N2O2/c1-16-6-8-17(9-7-16)10-11-20(23)21-15-18(19-5-4-14-24-19)22-12-2-3-13-22/h4-9,14,18H,2-3,10-13,15H2,1H3,(H,21,23). The number of likely N-dealkylation sites (tertiary alicyclic amines) is 1. The number of rotatable bonds is 7. The molecule has 24 heavy (non-hydrogen) atoms. The summed E-state index contributed by atoms with van der Waals surface area (Å²) in [6.07, 6.45) is 5.45. The third-order valence-corrected chi connectivity index (χ3v) is 4.71. The molecule has 1 N–H and O–H groups in total. The molecule has 1 aliphatic rings. The van der Waals surface area contributed by atoms with E-state index in [9.17, 15) is 4.79 Å². The summed E-state index contributed by atoms with van der Waals surface area (Å²) in [6, 6.07) is 12.4. The molecule has 2 heterocycles. The molecule has 1 fully saturated rings. The molecule has 3 rings (SSSR count). The van der Waals surface area contributed by atoms with Gasteiger partial charge < -0.3 is 9.73 Å². The topological polar surface area (TPSA) is 45.5 Å². The normalized spacial score (nSPS) is 16.2. The van der Waals surface area contributed by atoms with Crippen LogP contribution in [0.3, 0.4) is 0 Å². The molecule has 1 aromatic heterocycles. The van der Waals surface area contributed by atoms with Crippen molar-refractivity contribution in [3.05, 3.63) is 59.5 Å². The Morgan fingerprint density at radius 2 is 1.96 bits per heavy atom. The molecule has 1 atom stereocenters. The first-order valence-electron chi connectivity index (χ1n) is 8.82. The summed E-state index contributed by atoms with van der Waals surface area (Å²) in [7, 11) is 0. The van der Waals surface area contributed by atoms with Crippen LogP contribution < -0.4 is 5.32 Å². The Balaban J connectivity index is 1.50. The van der Waals surface area contributed by atoms with Gasteiger partial charge >= 0.3 is 0 Å². The Morgan fingerprint density at radius 1 is 1.21 bits per heavy atom. The Labute approximate surface area is 143 Å². The van der Waals surface area contributed by atoms with Crippen LogP contribution in [0.2, 0.25) is 0 Å². The maximum Gasteiger partial charge on any atom is 0.220 e. The van der Waals surface area contributed by atoms with E-state index in [0.29, 0.717) is 13.0 Å². The van der Waals surface area contributed by atoms with Gasteiger partial charge in [0.05, 0.1) is 12.3 Å². The van der Waals surface area contributed by atoms with Gasteiger partial charge in [0.2, 0.25) is 5.91 Å². The number of hydrogen-bond donors (Lipinski definition) is 1. The number of carbonyl (C=O) groups excluding carboxylic acids is 1. The fourth-order valence-corrected chi connectivity index (χ4v) is 3.26. The van der Waals surface area contributed by atoms with Crippen molar-refractivity contribution in [3.8, 4) is 0 Å². The predicted molar refractivity (Wildman–Crippen MR) is 94.8 cm³/mol. The van der Waals surface area contributed by atoms with Gasteiger partial charge in [0, 0.05) is 13.0 Å². The maximum atomic E-state index is 12.2. The third-order valence-electron chi connectivity index (χ3n) is 4.71. The van der Waals surface area contributed by atoms with Crippen molar-refractivity contribution in [3.63, 3.8) is 0 Å². The molecule has 4 nitrogen and oxygen atoms in total. The fraction of sp³-hybridized carbons (Fsp3) is 0.450. The molecule has 2 aromatic rings. The van der Waals surface area contributed by atoms with Crippen LogP contribution in [0.4, 0.5) is 0 Å². The number of benzene rings is 1. The molecule has 1 saturated heterocycles. The minimum atomic E-state index is 0.103. The van der Waals surface area contributed by atoms with Gasteiger partial charge in [0.15, 0.2) is 0 Å². The maximum absolute atomic E-state index is 12.2. The predicted octanol–water partition coefficient (Wildman–Crippen LogP) is 3.47. The SMILES string of the molecule is Cc1ccc(CCC(=O)NCC(c2ccco2)N2CCCC2)cc1. The van der Waals surface area contributed by atoms with E-state index in [0.717, 1.165) is 25.3 Å². The molecule has 1 unspecified atom stereocenters. The molecule has 1 aromatic carbocycles. The number of furan rings is 1. The molecule has 0 spiro atoms. The molecule has 0 radical (unpaired) electrons. The first kappa shape index (κ1) is 16.8. The van der Waals surface area contributed by atoms with Crippen molar-refractivity contribution in [2.45, 2.75) is 38.6 Å². The first-order valence-corrected chi connectivity index (χ1v) is 8.82. The average molecular weight is 326 g/mol. The summed E-state index contributed by atoms with van der Waals surface area (Å²) in [4.78, 5) is 14.6. The van der Waals surface area contributed by atoms with Crippen LogP contribution in [0.15, 0.2) is 47.1 Å². The van der Waals surface area contributed by atoms with E-state index in [1.807, 2.05) is 12.1 Å². The lowest BCUT2D eigenvalue weighted by Crippen LogP contribution is -2.36. The van der Waals surface area contributed by atoms with E-state index in [2.05, 4.69) is 41.4 Å². The summed E-state index contributed by atoms with van der Waals surface area (Å²) in [5.41, 5.74) is 2.45. The lowest BCUT2D eigenvalue weighted by atomic mass is 10.1. The van der Waals surface area contributed by atoms with Crippen molar-refractivity contribution in [2.75, 3.05) is 19.6 Å². The Hall–Kier alpha value is -2.07. The molecule has 0 aliphatic carbocycles. The minimum absolute atomic E-state index is 0.103. The van der Waals surface area contributed by atoms with Gasteiger partial charge in [-0.3, -0.25) is 9.69 Å². The Kier molecular flexibility index (Phi) is 5.70. The first-order chi connectivity index (χ1) is 11.7. The molecule has 0 bridgehead atoms. The Bertz CT molecular complexity index is 628. The van der Waals surface area contributed by atoms with Crippen LogP contribution in [-0.4, -0.2) is 30.4 Å². The summed E-state index contributed by atoms with van der Waals surface area (Å²) in [5, 5.41) is 3.09. The highest BCUT2D eigenvalue weighted by Crippen LogP contribution is 2.24. The average Bonchev–Trinajstić information content (AvgIpc) is 3.29. The summed E-state index contributed by atoms with van der Waals surface area (Å²) < 4.78 is 5.59.